The maximum absolute atomic E-state index is 12.3. The standard InChI is InChI=1S/C9H7F6NO/c10-8(11,12)4-17-7-3-5(9(13,14)15)1-2-6(7)16/h1-3H,4,16H2. The van der Waals surface area contributed by atoms with E-state index < -0.39 is 30.3 Å². The van der Waals surface area contributed by atoms with Crippen molar-refractivity contribution in [2.45, 2.75) is 12.4 Å². The molecule has 1 aromatic carbocycles. The van der Waals surface area contributed by atoms with Crippen LogP contribution in [0.25, 0.3) is 0 Å². The monoisotopic (exact) mass is 259 g/mol. The zero-order valence-corrected chi connectivity index (χ0v) is 8.19. The summed E-state index contributed by atoms with van der Waals surface area (Å²) < 4.78 is 76.4. The van der Waals surface area contributed by atoms with Gasteiger partial charge in [0.25, 0.3) is 0 Å². The molecule has 0 radical (unpaired) electrons. The third kappa shape index (κ3) is 4.04. The Morgan fingerprint density at radius 2 is 1.65 bits per heavy atom. The van der Waals surface area contributed by atoms with E-state index in [4.69, 9.17) is 5.73 Å². The van der Waals surface area contributed by atoms with E-state index in [1.807, 2.05) is 0 Å². The van der Waals surface area contributed by atoms with Crippen LogP contribution in [0.3, 0.4) is 0 Å². The first-order chi connectivity index (χ1) is 7.59. The summed E-state index contributed by atoms with van der Waals surface area (Å²) in [4.78, 5) is 0. The summed E-state index contributed by atoms with van der Waals surface area (Å²) in [5.74, 6) is -0.642. The Labute approximate surface area is 92.0 Å². The molecule has 0 amide bonds. The molecule has 0 aliphatic heterocycles. The Kier molecular flexibility index (Phi) is 3.44. The maximum atomic E-state index is 12.3. The Bertz CT molecular complexity index is 397. The van der Waals surface area contributed by atoms with Crippen molar-refractivity contribution in [3.63, 3.8) is 0 Å². The van der Waals surface area contributed by atoms with E-state index >= 15 is 0 Å². The van der Waals surface area contributed by atoms with Gasteiger partial charge in [-0.25, -0.2) is 0 Å². The lowest BCUT2D eigenvalue weighted by Crippen LogP contribution is -2.20. The molecule has 0 bridgehead atoms. The topological polar surface area (TPSA) is 35.2 Å². The third-order valence-corrected chi connectivity index (χ3v) is 1.73. The maximum Gasteiger partial charge on any atom is 0.422 e. The number of hydrogen-bond donors (Lipinski definition) is 1. The molecule has 8 heteroatoms. The van der Waals surface area contributed by atoms with Crippen molar-refractivity contribution in [2.24, 2.45) is 0 Å². The van der Waals surface area contributed by atoms with Crippen LogP contribution in [0.4, 0.5) is 32.0 Å². The van der Waals surface area contributed by atoms with Gasteiger partial charge in [-0.3, -0.25) is 0 Å². The number of halogens is 6. The van der Waals surface area contributed by atoms with Crippen molar-refractivity contribution in [3.05, 3.63) is 23.8 Å². The molecule has 0 fully saturated rings. The number of anilines is 1. The number of benzene rings is 1. The lowest BCUT2D eigenvalue weighted by molar-refractivity contribution is -0.153. The largest absolute Gasteiger partial charge is 0.482 e. The molecule has 0 saturated carbocycles. The summed E-state index contributed by atoms with van der Waals surface area (Å²) in [6.45, 7) is -1.70. The van der Waals surface area contributed by atoms with E-state index in [0.717, 1.165) is 6.07 Å². The number of nitrogens with two attached hydrogens (primary N) is 1. The van der Waals surface area contributed by atoms with E-state index in [2.05, 4.69) is 4.74 Å². The van der Waals surface area contributed by atoms with Crippen LogP contribution in [-0.4, -0.2) is 12.8 Å². The van der Waals surface area contributed by atoms with Crippen molar-refractivity contribution in [1.29, 1.82) is 0 Å². The molecule has 0 atom stereocenters. The fraction of sp³-hybridized carbons (Fsp3) is 0.333. The Morgan fingerprint density at radius 3 is 2.12 bits per heavy atom. The van der Waals surface area contributed by atoms with Gasteiger partial charge < -0.3 is 10.5 Å². The normalized spacial score (nSPS) is 12.6. The molecule has 96 valence electrons. The average Bonchev–Trinajstić information content (AvgIpc) is 2.13. The zero-order chi connectivity index (χ0) is 13.3. The summed E-state index contributed by atoms with van der Waals surface area (Å²) in [5.41, 5.74) is 3.79. The van der Waals surface area contributed by atoms with E-state index in [1.165, 1.54) is 0 Å². The molecule has 0 aliphatic carbocycles. The number of rotatable bonds is 2. The minimum atomic E-state index is -4.66. The van der Waals surface area contributed by atoms with Gasteiger partial charge in [-0.1, -0.05) is 0 Å². The van der Waals surface area contributed by atoms with Crippen molar-refractivity contribution in [2.75, 3.05) is 12.3 Å². The average molecular weight is 259 g/mol. The lowest BCUT2D eigenvalue weighted by Gasteiger charge is -2.13. The fourth-order valence-electron chi connectivity index (χ4n) is 0.995. The third-order valence-electron chi connectivity index (χ3n) is 1.73. The van der Waals surface area contributed by atoms with Crippen LogP contribution in [0.1, 0.15) is 5.56 Å². The molecular formula is C9H7F6NO. The SMILES string of the molecule is Nc1ccc(C(F)(F)F)cc1OCC(F)(F)F. The summed E-state index contributed by atoms with van der Waals surface area (Å²) in [7, 11) is 0. The Morgan fingerprint density at radius 1 is 1.06 bits per heavy atom. The number of hydrogen-bond acceptors (Lipinski definition) is 2. The predicted octanol–water partition coefficient (Wildman–Crippen LogP) is 3.23. The fourth-order valence-corrected chi connectivity index (χ4v) is 0.995. The molecular weight excluding hydrogens is 252 g/mol. The molecule has 0 heterocycles. The van der Waals surface area contributed by atoms with E-state index in [1.54, 1.807) is 0 Å². The molecule has 0 saturated heterocycles. The van der Waals surface area contributed by atoms with E-state index in [0.29, 0.717) is 12.1 Å². The highest BCUT2D eigenvalue weighted by molar-refractivity contribution is 5.54. The van der Waals surface area contributed by atoms with Gasteiger partial charge in [-0.2, -0.15) is 26.3 Å². The van der Waals surface area contributed by atoms with Crippen LogP contribution < -0.4 is 10.5 Å². The molecule has 0 unspecified atom stereocenters. The van der Waals surface area contributed by atoms with Gasteiger partial charge in [-0.15, -0.1) is 0 Å². The van der Waals surface area contributed by atoms with Gasteiger partial charge >= 0.3 is 12.4 Å². The molecule has 0 spiro atoms. The van der Waals surface area contributed by atoms with Gasteiger partial charge in [-0.05, 0) is 18.2 Å². The molecule has 0 aliphatic rings. The van der Waals surface area contributed by atoms with Crippen LogP contribution in [0.15, 0.2) is 18.2 Å². The van der Waals surface area contributed by atoms with Crippen LogP contribution in [0, 0.1) is 0 Å². The van der Waals surface area contributed by atoms with Crippen LogP contribution in [-0.2, 0) is 6.18 Å². The van der Waals surface area contributed by atoms with Gasteiger partial charge in [0.2, 0.25) is 0 Å². The second-order valence-electron chi connectivity index (χ2n) is 3.15. The van der Waals surface area contributed by atoms with Crippen LogP contribution in [0.2, 0.25) is 0 Å². The quantitative estimate of drug-likeness (QED) is 0.653. The van der Waals surface area contributed by atoms with E-state index in [-0.39, 0.29) is 5.69 Å². The summed E-state index contributed by atoms with van der Waals surface area (Å²) >= 11 is 0. The molecule has 2 nitrogen and oxygen atoms in total. The molecule has 1 aromatic rings. The van der Waals surface area contributed by atoms with Gasteiger partial charge in [0.1, 0.15) is 5.75 Å². The van der Waals surface area contributed by atoms with Crippen molar-refractivity contribution in [3.8, 4) is 5.75 Å². The van der Waals surface area contributed by atoms with Crippen molar-refractivity contribution < 1.29 is 31.1 Å². The second kappa shape index (κ2) is 4.34. The van der Waals surface area contributed by atoms with E-state index in [9.17, 15) is 26.3 Å². The first-order valence-electron chi connectivity index (χ1n) is 4.26. The van der Waals surface area contributed by atoms with Crippen molar-refractivity contribution in [1.82, 2.24) is 0 Å². The second-order valence-corrected chi connectivity index (χ2v) is 3.15. The zero-order valence-electron chi connectivity index (χ0n) is 8.19. The smallest absolute Gasteiger partial charge is 0.422 e. The minimum absolute atomic E-state index is 0.290. The number of nitrogen functional groups attached to an aromatic ring is 1. The van der Waals surface area contributed by atoms with Gasteiger partial charge in [0.05, 0.1) is 11.3 Å². The Balaban J connectivity index is 2.92. The number of ether oxygens (including phenoxy) is 1. The summed E-state index contributed by atoms with van der Waals surface area (Å²) in [5, 5.41) is 0. The summed E-state index contributed by atoms with van der Waals surface area (Å²) in [6.07, 6.45) is -9.30. The van der Waals surface area contributed by atoms with Crippen LogP contribution >= 0.6 is 0 Å². The molecule has 2 N–H and O–H groups in total. The lowest BCUT2D eigenvalue weighted by atomic mass is 10.2. The molecule has 17 heavy (non-hydrogen) atoms. The highest BCUT2D eigenvalue weighted by Gasteiger charge is 2.32. The highest BCUT2D eigenvalue weighted by atomic mass is 19.4. The first kappa shape index (κ1) is 13.5. The van der Waals surface area contributed by atoms with Crippen LogP contribution in [0.5, 0.6) is 5.75 Å². The van der Waals surface area contributed by atoms with Gasteiger partial charge in [0, 0.05) is 0 Å². The minimum Gasteiger partial charge on any atom is -0.482 e. The summed E-state index contributed by atoms with van der Waals surface area (Å²) in [6, 6.07) is 1.94. The highest BCUT2D eigenvalue weighted by Crippen LogP contribution is 2.34. The van der Waals surface area contributed by atoms with Gasteiger partial charge in [0.15, 0.2) is 6.61 Å². The predicted molar refractivity (Wildman–Crippen MR) is 47.4 cm³/mol. The molecule has 1 rings (SSSR count). The first-order valence-corrected chi connectivity index (χ1v) is 4.26. The Hall–Kier alpha value is -1.60. The van der Waals surface area contributed by atoms with Crippen molar-refractivity contribution >= 4 is 5.69 Å². The number of alkyl halides is 6. The molecule has 0 aromatic heterocycles.